The van der Waals surface area contributed by atoms with Gasteiger partial charge in [-0.2, -0.15) is 0 Å². The highest BCUT2D eigenvalue weighted by molar-refractivity contribution is 5.65. The number of carbonyl (C=O) groups is 1. The molecule has 0 fully saturated rings. The van der Waals surface area contributed by atoms with Crippen LogP contribution in [0.25, 0.3) is 0 Å². The molecule has 0 saturated heterocycles. The fourth-order valence-corrected chi connectivity index (χ4v) is 0.225. The second-order valence-electron chi connectivity index (χ2n) is 1.33. The first-order valence-corrected chi connectivity index (χ1v) is 2.49. The first-order valence-electron chi connectivity index (χ1n) is 2.49. The Morgan fingerprint density at radius 1 is 1.80 bits per heavy atom. The van der Waals surface area contributed by atoms with E-state index in [2.05, 4.69) is 14.7 Å². The molecule has 58 valence electrons. The van der Waals surface area contributed by atoms with E-state index in [9.17, 15) is 10.0 Å². The van der Waals surface area contributed by atoms with E-state index in [1.807, 2.05) is 0 Å². The van der Waals surface area contributed by atoms with E-state index in [-0.39, 0.29) is 11.8 Å². The third-order valence-corrected chi connectivity index (χ3v) is 0.597. The van der Waals surface area contributed by atoms with Crippen molar-refractivity contribution in [3.8, 4) is 0 Å². The molecule has 0 bridgehead atoms. The van der Waals surface area contributed by atoms with Crippen molar-refractivity contribution in [1.29, 1.82) is 0 Å². The quantitative estimate of drug-likeness (QED) is 0.321. The second-order valence-corrected chi connectivity index (χ2v) is 1.33. The van der Waals surface area contributed by atoms with Crippen LogP contribution < -0.4 is 0 Å². The van der Waals surface area contributed by atoms with Gasteiger partial charge in [-0.3, -0.25) is 4.79 Å². The lowest BCUT2D eigenvalue weighted by Crippen LogP contribution is -2.03. The number of carbonyl (C=O) groups excluding carboxylic acids is 1. The van der Waals surface area contributed by atoms with E-state index < -0.39 is 5.97 Å². The lowest BCUT2D eigenvalue weighted by Gasteiger charge is -1.93. The van der Waals surface area contributed by atoms with Crippen molar-refractivity contribution in [2.75, 3.05) is 13.8 Å². The summed E-state index contributed by atoms with van der Waals surface area (Å²) in [6, 6.07) is 0. The fraction of sp³-hybridized carbons (Fsp3) is 0.750. The number of rotatable bonds is 3. The normalized spacial score (nSPS) is 10.8. The first-order chi connectivity index (χ1) is 4.66. The fourth-order valence-electron chi connectivity index (χ4n) is 0.225. The molecule has 0 saturated carbocycles. The van der Waals surface area contributed by atoms with Crippen LogP contribution in [0, 0.1) is 5.21 Å². The SMILES string of the molecule is CO/[N+]([O-])=N/COC(C)=O. The molecule has 0 atom stereocenters. The maximum absolute atomic E-state index is 10.1. The Morgan fingerprint density at radius 2 is 2.40 bits per heavy atom. The molecule has 6 nitrogen and oxygen atoms in total. The van der Waals surface area contributed by atoms with Gasteiger partial charge in [0.15, 0.2) is 5.02 Å². The summed E-state index contributed by atoms with van der Waals surface area (Å²) >= 11 is 0. The Balaban J connectivity index is 3.43. The van der Waals surface area contributed by atoms with Gasteiger partial charge in [0.25, 0.3) is 0 Å². The summed E-state index contributed by atoms with van der Waals surface area (Å²) in [4.78, 5) is 14.1. The van der Waals surface area contributed by atoms with Gasteiger partial charge >= 0.3 is 5.97 Å². The highest BCUT2D eigenvalue weighted by Gasteiger charge is 1.93. The van der Waals surface area contributed by atoms with Gasteiger partial charge < -0.3 is 9.57 Å². The van der Waals surface area contributed by atoms with Gasteiger partial charge in [0.1, 0.15) is 0 Å². The maximum Gasteiger partial charge on any atom is 0.304 e. The minimum Gasteiger partial charge on any atom is -0.436 e. The molecule has 0 radical (unpaired) electrons. The summed E-state index contributed by atoms with van der Waals surface area (Å²) in [5.74, 6) is -0.492. The molecule has 10 heavy (non-hydrogen) atoms. The Bertz CT molecular complexity index is 144. The average Bonchev–Trinajstić information content (AvgIpc) is 1.87. The standard InChI is InChI=1S/C4H8N2O4/c1-4(7)10-3-5-6(8)9-2/h3H2,1-2H3/b6-5+. The van der Waals surface area contributed by atoms with Crippen LogP contribution in [0.3, 0.4) is 0 Å². The van der Waals surface area contributed by atoms with E-state index in [1.54, 1.807) is 0 Å². The van der Waals surface area contributed by atoms with Crippen molar-refractivity contribution in [2.45, 2.75) is 6.92 Å². The molecule has 0 unspecified atom stereocenters. The zero-order valence-electron chi connectivity index (χ0n) is 5.73. The molecule has 0 aromatic heterocycles. The zero-order chi connectivity index (χ0) is 7.98. The molecule has 0 spiro atoms. The largest absolute Gasteiger partial charge is 0.436 e. The summed E-state index contributed by atoms with van der Waals surface area (Å²) in [5.41, 5.74) is 0. The van der Waals surface area contributed by atoms with Crippen LogP contribution >= 0.6 is 0 Å². The molecule has 0 rings (SSSR count). The summed E-state index contributed by atoms with van der Waals surface area (Å²) in [7, 11) is 1.16. The number of esters is 1. The van der Waals surface area contributed by atoms with Crippen LogP contribution in [-0.4, -0.2) is 24.8 Å². The van der Waals surface area contributed by atoms with Crippen molar-refractivity contribution in [3.63, 3.8) is 0 Å². The summed E-state index contributed by atoms with van der Waals surface area (Å²) in [6.07, 6.45) is 0. The van der Waals surface area contributed by atoms with Crippen molar-refractivity contribution in [3.05, 3.63) is 5.21 Å². The Morgan fingerprint density at radius 3 is 2.80 bits per heavy atom. The molecule has 0 amide bonds. The van der Waals surface area contributed by atoms with E-state index in [0.29, 0.717) is 0 Å². The Kier molecular flexibility index (Phi) is 3.94. The van der Waals surface area contributed by atoms with Gasteiger partial charge in [0.2, 0.25) is 6.73 Å². The highest BCUT2D eigenvalue weighted by atomic mass is 16.9. The van der Waals surface area contributed by atoms with E-state index in [4.69, 9.17) is 0 Å². The molecular weight excluding hydrogens is 140 g/mol. The van der Waals surface area contributed by atoms with E-state index in [1.165, 1.54) is 6.92 Å². The number of hydrogen-bond acceptors (Lipinski definition) is 5. The summed E-state index contributed by atoms with van der Waals surface area (Å²) in [5, 5.41) is 13.2. The Labute approximate surface area is 57.6 Å². The molecule has 0 aliphatic carbocycles. The molecule has 0 heterocycles. The van der Waals surface area contributed by atoms with Gasteiger partial charge in [-0.25, -0.2) is 5.21 Å². The zero-order valence-corrected chi connectivity index (χ0v) is 5.73. The van der Waals surface area contributed by atoms with Crippen LogP contribution in [0.15, 0.2) is 5.11 Å². The number of nitrogens with zero attached hydrogens (tertiary/aromatic N) is 2. The molecular formula is C4H8N2O4. The predicted molar refractivity (Wildman–Crippen MR) is 29.7 cm³/mol. The smallest absolute Gasteiger partial charge is 0.304 e. The van der Waals surface area contributed by atoms with Crippen molar-refractivity contribution >= 4 is 5.97 Å². The lowest BCUT2D eigenvalue weighted by molar-refractivity contribution is -0.784. The predicted octanol–water partition coefficient (Wildman–Crippen LogP) is 0.0309. The van der Waals surface area contributed by atoms with Gasteiger partial charge in [0.05, 0.1) is 5.11 Å². The number of ether oxygens (including phenoxy) is 1. The van der Waals surface area contributed by atoms with Gasteiger partial charge in [-0.05, 0) is 0 Å². The average molecular weight is 148 g/mol. The van der Waals surface area contributed by atoms with Gasteiger partial charge in [-0.1, -0.05) is 0 Å². The van der Waals surface area contributed by atoms with Crippen molar-refractivity contribution in [1.82, 2.24) is 0 Å². The number of hydrogen-bond donors (Lipinski definition) is 0. The summed E-state index contributed by atoms with van der Waals surface area (Å²) < 4.78 is 4.29. The molecule has 6 heteroatoms. The molecule has 0 N–H and O–H groups in total. The monoisotopic (exact) mass is 148 g/mol. The minimum atomic E-state index is -0.492. The summed E-state index contributed by atoms with van der Waals surface area (Å²) in [6.45, 7) is 0.907. The Hall–Kier alpha value is -1.33. The first kappa shape index (κ1) is 8.67. The second kappa shape index (κ2) is 4.54. The molecule has 0 aliphatic heterocycles. The third kappa shape index (κ3) is 4.82. The van der Waals surface area contributed by atoms with Crippen LogP contribution in [-0.2, 0) is 14.4 Å². The van der Waals surface area contributed by atoms with Crippen LogP contribution in [0.2, 0.25) is 0 Å². The van der Waals surface area contributed by atoms with E-state index in [0.717, 1.165) is 7.11 Å². The van der Waals surface area contributed by atoms with E-state index >= 15 is 0 Å². The molecule has 0 aromatic carbocycles. The maximum atomic E-state index is 10.1. The molecule has 0 aromatic rings. The third-order valence-electron chi connectivity index (χ3n) is 0.597. The van der Waals surface area contributed by atoms with Gasteiger partial charge in [-0.15, -0.1) is 0 Å². The lowest BCUT2D eigenvalue weighted by atomic mass is 10.8. The van der Waals surface area contributed by atoms with Crippen LogP contribution in [0.1, 0.15) is 6.92 Å². The highest BCUT2D eigenvalue weighted by Crippen LogP contribution is 1.79. The van der Waals surface area contributed by atoms with Crippen LogP contribution in [0.4, 0.5) is 0 Å². The van der Waals surface area contributed by atoms with Crippen LogP contribution in [0.5, 0.6) is 0 Å². The minimum absolute atomic E-state index is 0.0387. The van der Waals surface area contributed by atoms with Crippen molar-refractivity contribution in [2.24, 2.45) is 5.11 Å². The molecule has 0 aliphatic rings. The van der Waals surface area contributed by atoms with Gasteiger partial charge in [0, 0.05) is 14.0 Å². The van der Waals surface area contributed by atoms with Crippen molar-refractivity contribution < 1.29 is 19.4 Å². The topological polar surface area (TPSA) is 74.0 Å².